The summed E-state index contributed by atoms with van der Waals surface area (Å²) in [7, 11) is 0. The summed E-state index contributed by atoms with van der Waals surface area (Å²) in [5, 5.41) is 8.52. The largest absolute Gasteiger partial charge is 0.445 e. The molecule has 6 rings (SSSR count). The number of nitrogens with one attached hydrogen (secondary N) is 1. The molecule has 0 spiro atoms. The molecule has 1 aliphatic carbocycles. The van der Waals surface area contributed by atoms with Gasteiger partial charge in [0.25, 0.3) is 0 Å². The maximum atomic E-state index is 13.2. The molecule has 2 aromatic heterocycles. The van der Waals surface area contributed by atoms with Gasteiger partial charge in [-0.25, -0.2) is 9.78 Å². The number of piperidine rings is 1. The smallest absolute Gasteiger partial charge is 0.410 e. The molecule has 36 heavy (non-hydrogen) atoms. The molecule has 8 nitrogen and oxygen atoms in total. The minimum absolute atomic E-state index is 0.0210. The number of carbonyl (C=O) groups is 1. The van der Waals surface area contributed by atoms with Gasteiger partial charge in [0.2, 0.25) is 0 Å². The van der Waals surface area contributed by atoms with E-state index in [0.717, 1.165) is 63.2 Å². The monoisotopic (exact) mass is 490 g/mol. The van der Waals surface area contributed by atoms with Gasteiger partial charge in [0.05, 0.1) is 12.7 Å². The van der Waals surface area contributed by atoms with Crippen LogP contribution < -0.4 is 5.32 Å². The third kappa shape index (κ3) is 4.54. The molecule has 2 aromatic rings. The first kappa shape index (κ1) is 23.6. The average Bonchev–Trinajstić information content (AvgIpc) is 3.35. The minimum atomic E-state index is -0.120. The molecule has 4 aliphatic rings. The van der Waals surface area contributed by atoms with E-state index in [2.05, 4.69) is 46.9 Å². The first-order chi connectivity index (χ1) is 17.5. The number of nitrogens with zero attached hydrogens (tertiary/aromatic N) is 5. The number of ether oxygens (including phenoxy) is 1. The summed E-state index contributed by atoms with van der Waals surface area (Å²) in [4.78, 5) is 22.5. The van der Waals surface area contributed by atoms with Gasteiger partial charge in [0.1, 0.15) is 11.9 Å². The SMILES string of the molecule is CC#CCN1CCC(OC(=O)N2C3CCC2CC(Nc2cc(C4CC4)nc4c(C(C)C)cnn24)C3)C1. The van der Waals surface area contributed by atoms with Crippen molar-refractivity contribution in [3.8, 4) is 11.8 Å². The molecular weight excluding hydrogens is 452 g/mol. The van der Waals surface area contributed by atoms with E-state index in [0.29, 0.717) is 17.9 Å². The number of rotatable bonds is 6. The second-order valence-electron chi connectivity index (χ2n) is 11.4. The fourth-order valence-corrected chi connectivity index (χ4v) is 6.33. The van der Waals surface area contributed by atoms with Crippen LogP contribution in [0.5, 0.6) is 0 Å². The number of fused-ring (bicyclic) bond motifs is 3. The van der Waals surface area contributed by atoms with Crippen LogP contribution in [-0.4, -0.2) is 74.4 Å². The van der Waals surface area contributed by atoms with Gasteiger partial charge in [-0.05, 0) is 57.8 Å². The van der Waals surface area contributed by atoms with Crippen LogP contribution >= 0.6 is 0 Å². The highest BCUT2D eigenvalue weighted by molar-refractivity contribution is 5.69. The molecule has 4 fully saturated rings. The average molecular weight is 491 g/mol. The number of likely N-dealkylation sites (tertiary alicyclic amines) is 1. The summed E-state index contributed by atoms with van der Waals surface area (Å²) in [5.74, 6) is 8.07. The van der Waals surface area contributed by atoms with Crippen LogP contribution in [0.2, 0.25) is 0 Å². The highest BCUT2D eigenvalue weighted by atomic mass is 16.6. The molecular formula is C28H38N6O2. The zero-order valence-corrected chi connectivity index (χ0v) is 21.7. The lowest BCUT2D eigenvalue weighted by Crippen LogP contribution is -2.50. The Morgan fingerprint density at radius 3 is 2.67 bits per heavy atom. The molecule has 8 heteroatoms. The van der Waals surface area contributed by atoms with Gasteiger partial charge in [-0.1, -0.05) is 19.8 Å². The third-order valence-corrected chi connectivity index (χ3v) is 8.41. The van der Waals surface area contributed by atoms with Crippen LogP contribution in [0.3, 0.4) is 0 Å². The summed E-state index contributed by atoms with van der Waals surface area (Å²) in [6, 6.07) is 2.99. The first-order valence-electron chi connectivity index (χ1n) is 13.8. The van der Waals surface area contributed by atoms with Gasteiger partial charge in [-0.15, -0.1) is 5.92 Å². The number of anilines is 1. The van der Waals surface area contributed by atoms with Crippen molar-refractivity contribution in [1.82, 2.24) is 24.4 Å². The Balaban J connectivity index is 1.13. The lowest BCUT2D eigenvalue weighted by molar-refractivity contribution is 0.0405. The van der Waals surface area contributed by atoms with Crippen LogP contribution in [-0.2, 0) is 4.74 Å². The van der Waals surface area contributed by atoms with Gasteiger partial charge in [-0.3, -0.25) is 4.90 Å². The van der Waals surface area contributed by atoms with Crippen molar-refractivity contribution in [2.45, 2.75) is 102 Å². The molecule has 3 aliphatic heterocycles. The van der Waals surface area contributed by atoms with Crippen molar-refractivity contribution < 1.29 is 9.53 Å². The molecule has 3 saturated heterocycles. The summed E-state index contributed by atoms with van der Waals surface area (Å²) in [5.41, 5.74) is 3.37. The molecule has 1 amide bonds. The number of hydrogen-bond acceptors (Lipinski definition) is 6. The van der Waals surface area contributed by atoms with E-state index in [-0.39, 0.29) is 24.3 Å². The predicted molar refractivity (Wildman–Crippen MR) is 139 cm³/mol. The molecule has 0 radical (unpaired) electrons. The van der Waals surface area contributed by atoms with Crippen LogP contribution in [0.1, 0.15) is 88.8 Å². The van der Waals surface area contributed by atoms with E-state index in [1.165, 1.54) is 24.1 Å². The molecule has 3 unspecified atom stereocenters. The zero-order valence-electron chi connectivity index (χ0n) is 21.7. The Morgan fingerprint density at radius 2 is 1.97 bits per heavy atom. The topological polar surface area (TPSA) is 75.0 Å². The Bertz CT molecular complexity index is 1180. The second kappa shape index (κ2) is 9.59. The van der Waals surface area contributed by atoms with E-state index in [9.17, 15) is 4.79 Å². The lowest BCUT2D eigenvalue weighted by Gasteiger charge is -2.39. The van der Waals surface area contributed by atoms with Gasteiger partial charge < -0.3 is 15.0 Å². The fourth-order valence-electron chi connectivity index (χ4n) is 6.33. The molecule has 1 saturated carbocycles. The van der Waals surface area contributed by atoms with Crippen molar-refractivity contribution >= 4 is 17.6 Å². The van der Waals surface area contributed by atoms with Crippen LogP contribution in [0.15, 0.2) is 12.3 Å². The Labute approximate surface area is 213 Å². The predicted octanol–water partition coefficient (Wildman–Crippen LogP) is 4.37. The number of carbonyl (C=O) groups excluding carboxylic acids is 1. The van der Waals surface area contributed by atoms with Crippen molar-refractivity contribution in [1.29, 1.82) is 0 Å². The van der Waals surface area contributed by atoms with E-state index in [4.69, 9.17) is 14.8 Å². The lowest BCUT2D eigenvalue weighted by atomic mass is 9.97. The van der Waals surface area contributed by atoms with Gasteiger partial charge >= 0.3 is 6.09 Å². The summed E-state index contributed by atoms with van der Waals surface area (Å²) < 4.78 is 7.97. The van der Waals surface area contributed by atoms with Crippen LogP contribution in [0.25, 0.3) is 5.65 Å². The summed E-state index contributed by atoms with van der Waals surface area (Å²) >= 11 is 0. The molecule has 5 heterocycles. The fraction of sp³-hybridized carbons (Fsp3) is 0.679. The molecule has 192 valence electrons. The van der Waals surface area contributed by atoms with Crippen molar-refractivity contribution in [3.63, 3.8) is 0 Å². The van der Waals surface area contributed by atoms with Gasteiger partial charge in [-0.2, -0.15) is 9.61 Å². The Kier molecular flexibility index (Phi) is 6.28. The van der Waals surface area contributed by atoms with E-state index >= 15 is 0 Å². The maximum Gasteiger partial charge on any atom is 0.410 e. The molecule has 2 bridgehead atoms. The van der Waals surface area contributed by atoms with E-state index < -0.39 is 0 Å². The number of aromatic nitrogens is 3. The van der Waals surface area contributed by atoms with Crippen molar-refractivity contribution in [2.24, 2.45) is 0 Å². The standard InChI is InChI=1S/C28H38N6O2/c1-4-5-11-32-12-10-23(17-32)36-28(35)33-21-8-9-22(33)14-20(13-21)30-26-15-25(19-6-7-19)31-27-24(18(2)3)16-29-34(26)27/h15-16,18-23,30H,6-14,17H2,1-3H3. The second-order valence-corrected chi connectivity index (χ2v) is 11.4. The molecule has 0 aromatic carbocycles. The van der Waals surface area contributed by atoms with E-state index in [1.54, 1.807) is 0 Å². The quantitative estimate of drug-likeness (QED) is 0.606. The van der Waals surface area contributed by atoms with Crippen molar-refractivity contribution in [2.75, 3.05) is 25.0 Å². The maximum absolute atomic E-state index is 13.2. The highest BCUT2D eigenvalue weighted by Crippen LogP contribution is 2.41. The number of amides is 1. The number of hydrogen-bond donors (Lipinski definition) is 1. The molecule has 3 atom stereocenters. The zero-order chi connectivity index (χ0) is 24.8. The minimum Gasteiger partial charge on any atom is -0.445 e. The van der Waals surface area contributed by atoms with Crippen LogP contribution in [0, 0.1) is 11.8 Å². The highest BCUT2D eigenvalue weighted by Gasteiger charge is 2.45. The van der Waals surface area contributed by atoms with Crippen LogP contribution in [0.4, 0.5) is 10.6 Å². The molecule has 1 N–H and O–H groups in total. The summed E-state index contributed by atoms with van der Waals surface area (Å²) in [6.07, 6.45) is 9.16. The van der Waals surface area contributed by atoms with E-state index in [1.807, 2.05) is 17.6 Å². The third-order valence-electron chi connectivity index (χ3n) is 8.41. The van der Waals surface area contributed by atoms with Gasteiger partial charge in [0, 0.05) is 54.5 Å². The normalized spacial score (nSPS) is 27.9. The Morgan fingerprint density at radius 1 is 1.19 bits per heavy atom. The first-order valence-corrected chi connectivity index (χ1v) is 13.8. The Hall–Kier alpha value is -2.79. The van der Waals surface area contributed by atoms with Crippen molar-refractivity contribution in [3.05, 3.63) is 23.5 Å². The summed E-state index contributed by atoms with van der Waals surface area (Å²) in [6.45, 7) is 8.75. The van der Waals surface area contributed by atoms with Gasteiger partial charge in [0.15, 0.2) is 5.65 Å².